The molecule has 0 aromatic rings. The maximum absolute atomic E-state index is 11.2. The van der Waals surface area contributed by atoms with E-state index in [0.29, 0.717) is 6.42 Å². The Morgan fingerprint density at radius 3 is 2.29 bits per heavy atom. The topological polar surface area (TPSA) is 120 Å². The maximum Gasteiger partial charge on any atom is 0.312 e. The Balaban J connectivity index is 3.01. The third-order valence-electron chi connectivity index (χ3n) is 2.93. The van der Waals surface area contributed by atoms with Gasteiger partial charge in [-0.15, -0.1) is 5.48 Å². The maximum atomic E-state index is 11.2. The fourth-order valence-corrected chi connectivity index (χ4v) is 2.17. The van der Waals surface area contributed by atoms with Gasteiger partial charge in [0.15, 0.2) is 18.5 Å². The summed E-state index contributed by atoms with van der Waals surface area (Å²) in [5, 5.41) is 9.92. The van der Waals surface area contributed by atoms with E-state index in [9.17, 15) is 19.5 Å². The van der Waals surface area contributed by atoms with E-state index >= 15 is 0 Å². The second-order valence-corrected chi connectivity index (χ2v) is 4.48. The lowest BCUT2D eigenvalue weighted by Gasteiger charge is -2.43. The minimum Gasteiger partial charge on any atom is -0.456 e. The number of esters is 2. The van der Waals surface area contributed by atoms with E-state index in [2.05, 4.69) is 10.3 Å². The molecule has 0 aliphatic carbocycles. The molecule has 120 valence electrons. The number of aliphatic hydroxyl groups is 1. The molecule has 0 amide bonds. The zero-order chi connectivity index (χ0) is 16.0. The Bertz CT molecular complexity index is 387. The molecule has 1 unspecified atom stereocenters. The van der Waals surface area contributed by atoms with Crippen molar-refractivity contribution in [3.63, 3.8) is 0 Å². The molecule has 9 nitrogen and oxygen atoms in total. The Labute approximate surface area is 121 Å². The summed E-state index contributed by atoms with van der Waals surface area (Å²) in [7, 11) is 0. The highest BCUT2D eigenvalue weighted by Gasteiger charge is 2.49. The van der Waals surface area contributed by atoms with E-state index in [1.54, 1.807) is 6.92 Å². The van der Waals surface area contributed by atoms with Crippen molar-refractivity contribution in [2.75, 3.05) is 0 Å². The number of nitrogens with one attached hydrogen (secondary N) is 1. The lowest BCUT2D eigenvalue weighted by Crippen LogP contribution is -2.64. The van der Waals surface area contributed by atoms with Crippen LogP contribution >= 0.6 is 0 Å². The Hall–Kier alpha value is -1.71. The highest BCUT2D eigenvalue weighted by Crippen LogP contribution is 2.26. The van der Waals surface area contributed by atoms with Gasteiger partial charge in [0, 0.05) is 13.8 Å². The van der Waals surface area contributed by atoms with Crippen molar-refractivity contribution in [3.05, 3.63) is 0 Å². The van der Waals surface area contributed by atoms with Crippen LogP contribution in [0.3, 0.4) is 0 Å². The average Bonchev–Trinajstić information content (AvgIpc) is 2.40. The highest BCUT2D eigenvalue weighted by atomic mass is 16.7. The normalized spacial score (nSPS) is 32.1. The van der Waals surface area contributed by atoms with Crippen LogP contribution in [-0.2, 0) is 33.4 Å². The molecule has 0 aromatic heterocycles. The summed E-state index contributed by atoms with van der Waals surface area (Å²) in [6.45, 7) is 4.24. The summed E-state index contributed by atoms with van der Waals surface area (Å²) in [4.78, 5) is 37.2. The summed E-state index contributed by atoms with van der Waals surface area (Å²) in [5.41, 5.74) is 2.38. The smallest absolute Gasteiger partial charge is 0.312 e. The Morgan fingerprint density at radius 2 is 1.81 bits per heavy atom. The van der Waals surface area contributed by atoms with Crippen LogP contribution < -0.4 is 5.48 Å². The molecule has 0 spiro atoms. The van der Waals surface area contributed by atoms with Gasteiger partial charge in [0.25, 0.3) is 0 Å². The zero-order valence-electron chi connectivity index (χ0n) is 12.0. The summed E-state index contributed by atoms with van der Waals surface area (Å²) in [6, 6.07) is -0.795. The van der Waals surface area contributed by atoms with Crippen LogP contribution in [0.25, 0.3) is 0 Å². The fourth-order valence-electron chi connectivity index (χ4n) is 2.17. The molecule has 0 radical (unpaired) electrons. The van der Waals surface area contributed by atoms with Crippen LogP contribution in [-0.4, -0.2) is 54.2 Å². The first-order valence-electron chi connectivity index (χ1n) is 6.43. The van der Waals surface area contributed by atoms with Crippen molar-refractivity contribution >= 4 is 18.4 Å². The van der Waals surface area contributed by atoms with Crippen molar-refractivity contribution in [3.8, 4) is 0 Å². The monoisotopic (exact) mass is 305 g/mol. The molecule has 2 N–H and O–H groups in total. The first-order valence-corrected chi connectivity index (χ1v) is 6.43. The molecule has 0 bridgehead atoms. The van der Waals surface area contributed by atoms with Crippen LogP contribution in [0, 0.1) is 0 Å². The summed E-state index contributed by atoms with van der Waals surface area (Å²) in [5.74, 6) is -1.32. The van der Waals surface area contributed by atoms with Crippen molar-refractivity contribution in [1.29, 1.82) is 0 Å². The van der Waals surface area contributed by atoms with Crippen LogP contribution in [0.5, 0.6) is 0 Å². The minimum atomic E-state index is -1.46. The standard InChI is InChI=1S/C12H19NO8/c1-4-8-9(13-18-5-14)10(19-6(2)15)11(12(17)21-8)20-7(3)16/h5,8-13,17H,4H2,1-3H3/t8-,9-,10+,11+,12?/m1/s1. The fraction of sp³-hybridized carbons (Fsp3) is 0.750. The van der Waals surface area contributed by atoms with Gasteiger partial charge in [0.2, 0.25) is 0 Å². The average molecular weight is 305 g/mol. The van der Waals surface area contributed by atoms with Gasteiger partial charge in [-0.05, 0) is 6.42 Å². The molecule has 1 heterocycles. The van der Waals surface area contributed by atoms with Gasteiger partial charge < -0.3 is 24.2 Å². The second-order valence-electron chi connectivity index (χ2n) is 4.48. The molecule has 1 rings (SSSR count). The van der Waals surface area contributed by atoms with Crippen LogP contribution in [0.15, 0.2) is 0 Å². The van der Waals surface area contributed by atoms with Crippen LogP contribution in [0.2, 0.25) is 0 Å². The molecule has 0 saturated carbocycles. The second kappa shape index (κ2) is 7.91. The van der Waals surface area contributed by atoms with Crippen molar-refractivity contribution in [1.82, 2.24) is 5.48 Å². The van der Waals surface area contributed by atoms with Gasteiger partial charge in [-0.25, -0.2) is 0 Å². The number of carbonyl (C=O) groups excluding carboxylic acids is 3. The van der Waals surface area contributed by atoms with Gasteiger partial charge in [-0.3, -0.25) is 14.4 Å². The highest BCUT2D eigenvalue weighted by molar-refractivity contribution is 5.67. The molecule has 1 aliphatic rings. The number of hydroxylamine groups is 1. The van der Waals surface area contributed by atoms with Crippen LogP contribution in [0.4, 0.5) is 0 Å². The molecular formula is C12H19NO8. The van der Waals surface area contributed by atoms with Crippen LogP contribution in [0.1, 0.15) is 27.2 Å². The molecule has 21 heavy (non-hydrogen) atoms. The van der Waals surface area contributed by atoms with E-state index in [4.69, 9.17) is 14.2 Å². The Kier molecular flexibility index (Phi) is 6.53. The molecule has 1 aliphatic heterocycles. The number of carbonyl (C=O) groups is 3. The van der Waals surface area contributed by atoms with Gasteiger partial charge >= 0.3 is 18.4 Å². The largest absolute Gasteiger partial charge is 0.456 e. The van der Waals surface area contributed by atoms with E-state index in [1.807, 2.05) is 0 Å². The quantitative estimate of drug-likeness (QED) is 0.276. The molecule has 5 atom stereocenters. The SMILES string of the molecule is CC[C@H]1OC(O)[C@@H](OC(C)=O)[C@@H](OC(C)=O)[C@@H]1NOC=O. The van der Waals surface area contributed by atoms with E-state index in [0.717, 1.165) is 6.92 Å². The lowest BCUT2D eigenvalue weighted by atomic mass is 9.95. The summed E-state index contributed by atoms with van der Waals surface area (Å²) < 4.78 is 15.3. The minimum absolute atomic E-state index is 0.156. The van der Waals surface area contributed by atoms with Gasteiger partial charge in [0.1, 0.15) is 6.04 Å². The van der Waals surface area contributed by atoms with E-state index in [1.165, 1.54) is 6.92 Å². The Morgan fingerprint density at radius 1 is 1.24 bits per heavy atom. The number of rotatable bonds is 6. The van der Waals surface area contributed by atoms with Crippen molar-refractivity contribution in [2.24, 2.45) is 0 Å². The number of hydrogen-bond donors (Lipinski definition) is 2. The summed E-state index contributed by atoms with van der Waals surface area (Å²) >= 11 is 0. The molecule has 1 saturated heterocycles. The molecule has 0 aromatic carbocycles. The predicted molar refractivity (Wildman–Crippen MR) is 66.4 cm³/mol. The van der Waals surface area contributed by atoms with E-state index in [-0.39, 0.29) is 6.47 Å². The molecule has 9 heteroatoms. The number of aliphatic hydroxyl groups excluding tert-OH is 1. The van der Waals surface area contributed by atoms with Crippen molar-refractivity contribution in [2.45, 2.75) is 57.8 Å². The first kappa shape index (κ1) is 17.3. The lowest BCUT2D eigenvalue weighted by molar-refractivity contribution is -0.275. The number of hydrogen-bond acceptors (Lipinski definition) is 9. The predicted octanol–water partition coefficient (Wildman–Crippen LogP) is -0.977. The van der Waals surface area contributed by atoms with Gasteiger partial charge in [0.05, 0.1) is 6.10 Å². The molecular weight excluding hydrogens is 286 g/mol. The van der Waals surface area contributed by atoms with Crippen molar-refractivity contribution < 1.29 is 38.5 Å². The molecule has 1 fully saturated rings. The van der Waals surface area contributed by atoms with Gasteiger partial charge in [-0.2, -0.15) is 0 Å². The van der Waals surface area contributed by atoms with E-state index < -0.39 is 42.6 Å². The van der Waals surface area contributed by atoms with Gasteiger partial charge in [-0.1, -0.05) is 6.92 Å². The third kappa shape index (κ3) is 4.66. The first-order chi connectivity index (χ1) is 9.90. The zero-order valence-corrected chi connectivity index (χ0v) is 12.0. The number of ether oxygens (including phenoxy) is 3. The summed E-state index contributed by atoms with van der Waals surface area (Å²) in [6.07, 6.45) is -3.95. The third-order valence-corrected chi connectivity index (χ3v) is 2.93.